The molecule has 2 aliphatic carbocycles. The number of rotatable bonds is 4. The molecule has 4 atom stereocenters. The third-order valence-corrected chi connectivity index (χ3v) is 5.37. The van der Waals surface area contributed by atoms with Gasteiger partial charge in [-0.25, -0.2) is 0 Å². The van der Waals surface area contributed by atoms with Crippen LogP contribution in [0.15, 0.2) is 35.3 Å². The van der Waals surface area contributed by atoms with Crippen molar-refractivity contribution in [1.29, 1.82) is 0 Å². The van der Waals surface area contributed by atoms with E-state index in [0.29, 0.717) is 6.04 Å². The zero-order chi connectivity index (χ0) is 14.1. The molecule has 4 fully saturated rings. The lowest BCUT2D eigenvalue weighted by molar-refractivity contribution is 0.162. The van der Waals surface area contributed by atoms with Gasteiger partial charge in [0.1, 0.15) is 0 Å². The van der Waals surface area contributed by atoms with Crippen LogP contribution < -0.4 is 10.6 Å². The first-order valence-corrected chi connectivity index (χ1v) is 8.46. The molecule has 4 aliphatic rings. The summed E-state index contributed by atoms with van der Waals surface area (Å²) in [5.74, 6) is 3.97. The second kappa shape index (κ2) is 5.70. The highest BCUT2D eigenvalue weighted by Gasteiger charge is 2.41. The molecule has 0 amide bonds. The van der Waals surface area contributed by atoms with Crippen LogP contribution in [0.2, 0.25) is 0 Å². The van der Waals surface area contributed by atoms with E-state index in [2.05, 4.69) is 34.9 Å². The van der Waals surface area contributed by atoms with Crippen LogP contribution in [0.25, 0.3) is 0 Å². The molecule has 21 heavy (non-hydrogen) atoms. The Morgan fingerprint density at radius 1 is 1.00 bits per heavy atom. The van der Waals surface area contributed by atoms with Gasteiger partial charge in [-0.3, -0.25) is 4.99 Å². The smallest absolute Gasteiger partial charge is 0.0997 e. The minimum Gasteiger partial charge on any atom is -0.383 e. The maximum atomic E-state index is 4.90. The highest BCUT2D eigenvalue weighted by molar-refractivity contribution is 5.85. The quantitative estimate of drug-likeness (QED) is 0.832. The molecule has 5 rings (SSSR count). The van der Waals surface area contributed by atoms with E-state index >= 15 is 0 Å². The fourth-order valence-electron chi connectivity index (χ4n) is 4.63. The molecule has 0 aromatic heterocycles. The predicted octanol–water partition coefficient (Wildman–Crippen LogP) is 3.30. The first-order chi connectivity index (χ1) is 10.4. The van der Waals surface area contributed by atoms with Gasteiger partial charge >= 0.3 is 0 Å². The number of fused-ring (bicyclic) bond motifs is 1. The van der Waals surface area contributed by atoms with Crippen molar-refractivity contribution in [2.75, 3.05) is 18.4 Å². The number of benzene rings is 1. The molecule has 2 heterocycles. The molecular weight excluding hydrogens is 258 g/mol. The summed E-state index contributed by atoms with van der Waals surface area (Å²) in [5, 5.41) is 7.20. The van der Waals surface area contributed by atoms with Crippen molar-refractivity contribution < 1.29 is 0 Å². The van der Waals surface area contributed by atoms with Gasteiger partial charge in [-0.2, -0.15) is 0 Å². The number of para-hydroxylation sites is 1. The van der Waals surface area contributed by atoms with Crippen molar-refractivity contribution in [1.82, 2.24) is 5.32 Å². The molecule has 1 aromatic carbocycles. The highest BCUT2D eigenvalue weighted by atomic mass is 15.1. The minimum atomic E-state index is 0.710. The van der Waals surface area contributed by atoms with E-state index in [1.807, 2.05) is 6.07 Å². The Hall–Kier alpha value is -1.51. The van der Waals surface area contributed by atoms with E-state index in [9.17, 15) is 0 Å². The summed E-state index contributed by atoms with van der Waals surface area (Å²) in [4.78, 5) is 4.90. The second-order valence-electron chi connectivity index (χ2n) is 7.01. The zero-order valence-corrected chi connectivity index (χ0v) is 12.6. The maximum absolute atomic E-state index is 4.90. The zero-order valence-electron chi connectivity index (χ0n) is 12.6. The monoisotopic (exact) mass is 283 g/mol. The summed E-state index contributed by atoms with van der Waals surface area (Å²) in [5.41, 5.74) is 1.19. The summed E-state index contributed by atoms with van der Waals surface area (Å²) >= 11 is 0. The lowest BCUT2D eigenvalue weighted by Crippen LogP contribution is -2.36. The first-order valence-electron chi connectivity index (χ1n) is 8.46. The van der Waals surface area contributed by atoms with Gasteiger partial charge in [0.15, 0.2) is 0 Å². The Morgan fingerprint density at radius 2 is 1.76 bits per heavy atom. The Morgan fingerprint density at radius 3 is 2.52 bits per heavy atom. The van der Waals surface area contributed by atoms with Crippen LogP contribution in [-0.2, 0) is 0 Å². The van der Waals surface area contributed by atoms with Crippen LogP contribution in [0.3, 0.4) is 0 Å². The van der Waals surface area contributed by atoms with Gasteiger partial charge in [-0.05, 0) is 56.1 Å². The molecule has 0 spiro atoms. The van der Waals surface area contributed by atoms with Crippen LogP contribution in [0, 0.1) is 17.8 Å². The molecule has 1 aromatic rings. The summed E-state index contributed by atoms with van der Waals surface area (Å²) < 4.78 is 0. The Labute approximate surface area is 127 Å². The SMILES string of the molecule is c1ccc(NCCN=C2NC3C[C@@H]4CC2C[C@H](C3)C4)cc1. The molecule has 2 N–H and O–H groups in total. The Bertz CT molecular complexity index is 496. The number of anilines is 1. The average Bonchev–Trinajstić information content (AvgIpc) is 2.68. The summed E-state index contributed by atoms with van der Waals surface area (Å²) in [6.45, 7) is 1.79. The molecule has 2 saturated carbocycles. The number of nitrogens with zero attached hydrogens (tertiary/aromatic N) is 1. The Kier molecular flexibility index (Phi) is 3.58. The third-order valence-electron chi connectivity index (χ3n) is 5.37. The molecule has 2 unspecified atom stereocenters. The molecule has 2 saturated heterocycles. The first kappa shape index (κ1) is 13.2. The molecule has 3 nitrogen and oxygen atoms in total. The van der Waals surface area contributed by atoms with Crippen LogP contribution in [-0.4, -0.2) is 25.0 Å². The van der Waals surface area contributed by atoms with Gasteiger partial charge in [0.25, 0.3) is 0 Å². The molecular formula is C18H25N3. The van der Waals surface area contributed by atoms with E-state index in [1.54, 1.807) is 0 Å². The van der Waals surface area contributed by atoms with Crippen molar-refractivity contribution in [2.45, 2.75) is 38.1 Å². The van der Waals surface area contributed by atoms with Gasteiger partial charge in [0.05, 0.1) is 12.4 Å². The van der Waals surface area contributed by atoms with Crippen LogP contribution in [0.4, 0.5) is 5.69 Å². The standard InChI is InChI=1S/C18H25N3/c1-2-4-16(5-3-1)19-6-7-20-18-15-9-13-8-14(10-15)12-17(11-13)21-18/h1-5,13-15,17,19H,6-12H2,(H,20,21)/t13-,14+,15?,17?. The number of aliphatic imine (C=N–C) groups is 1. The fraction of sp³-hybridized carbons (Fsp3) is 0.611. The maximum Gasteiger partial charge on any atom is 0.0997 e. The van der Waals surface area contributed by atoms with E-state index in [1.165, 1.54) is 43.6 Å². The second-order valence-corrected chi connectivity index (χ2v) is 7.01. The summed E-state index contributed by atoms with van der Waals surface area (Å²) in [7, 11) is 0. The lowest BCUT2D eigenvalue weighted by Gasteiger charge is -2.37. The van der Waals surface area contributed by atoms with Crippen LogP contribution >= 0.6 is 0 Å². The van der Waals surface area contributed by atoms with Crippen LogP contribution in [0.1, 0.15) is 32.1 Å². The minimum absolute atomic E-state index is 0.710. The molecule has 4 bridgehead atoms. The fourth-order valence-corrected chi connectivity index (χ4v) is 4.63. The number of hydrogen-bond donors (Lipinski definition) is 2. The molecule has 0 radical (unpaired) electrons. The van der Waals surface area contributed by atoms with Gasteiger partial charge in [-0.15, -0.1) is 0 Å². The number of nitrogens with one attached hydrogen (secondary N) is 2. The number of hydrogen-bond acceptors (Lipinski definition) is 2. The summed E-state index contributed by atoms with van der Waals surface area (Å²) in [6, 6.07) is 11.1. The van der Waals surface area contributed by atoms with Crippen molar-refractivity contribution in [2.24, 2.45) is 22.7 Å². The van der Waals surface area contributed by atoms with Gasteiger partial charge in [-0.1, -0.05) is 18.2 Å². The summed E-state index contributed by atoms with van der Waals surface area (Å²) in [6.07, 6.45) is 7.01. The largest absolute Gasteiger partial charge is 0.383 e. The van der Waals surface area contributed by atoms with E-state index in [0.717, 1.165) is 30.8 Å². The van der Waals surface area contributed by atoms with Gasteiger partial charge < -0.3 is 10.6 Å². The van der Waals surface area contributed by atoms with Crippen molar-refractivity contribution in [3.8, 4) is 0 Å². The number of amidine groups is 1. The topological polar surface area (TPSA) is 36.4 Å². The average molecular weight is 283 g/mol. The third kappa shape index (κ3) is 2.92. The van der Waals surface area contributed by atoms with Gasteiger partial charge in [0.2, 0.25) is 0 Å². The van der Waals surface area contributed by atoms with E-state index < -0.39 is 0 Å². The van der Waals surface area contributed by atoms with Crippen LogP contribution in [0.5, 0.6) is 0 Å². The lowest BCUT2D eigenvalue weighted by atomic mass is 9.68. The van der Waals surface area contributed by atoms with E-state index in [4.69, 9.17) is 4.99 Å². The van der Waals surface area contributed by atoms with Crippen molar-refractivity contribution in [3.05, 3.63) is 30.3 Å². The van der Waals surface area contributed by atoms with Crippen molar-refractivity contribution in [3.63, 3.8) is 0 Å². The molecule has 3 heteroatoms. The van der Waals surface area contributed by atoms with Crippen molar-refractivity contribution >= 4 is 11.5 Å². The Balaban J connectivity index is 1.35. The normalized spacial score (nSPS) is 35.5. The molecule has 112 valence electrons. The van der Waals surface area contributed by atoms with Gasteiger partial charge in [0, 0.05) is 24.2 Å². The highest BCUT2D eigenvalue weighted by Crippen LogP contribution is 2.45. The van der Waals surface area contributed by atoms with E-state index in [-0.39, 0.29) is 0 Å². The predicted molar refractivity (Wildman–Crippen MR) is 87.7 cm³/mol. The molecule has 2 aliphatic heterocycles.